The van der Waals surface area contributed by atoms with Gasteiger partial charge in [-0.2, -0.15) is 14.6 Å². The molecule has 0 atom stereocenters. The van der Waals surface area contributed by atoms with Crippen LogP contribution in [0.15, 0.2) is 35.4 Å². The fraction of sp³-hybridized carbons (Fsp3) is 0.593. The number of anilines is 2. The Hall–Kier alpha value is -2.74. The van der Waals surface area contributed by atoms with Crippen molar-refractivity contribution in [2.24, 2.45) is 0 Å². The third kappa shape index (κ3) is 6.06. The summed E-state index contributed by atoms with van der Waals surface area (Å²) in [5.74, 6) is 1.56. The van der Waals surface area contributed by atoms with E-state index in [4.69, 9.17) is 0 Å². The number of hydrogen-bond donors (Lipinski definition) is 2. The quantitative estimate of drug-likeness (QED) is 0.564. The number of aromatic nitrogens is 2. The summed E-state index contributed by atoms with van der Waals surface area (Å²) >= 11 is 0. The van der Waals surface area contributed by atoms with Crippen LogP contribution in [0.1, 0.15) is 68.4 Å². The van der Waals surface area contributed by atoms with E-state index in [0.29, 0.717) is 60.1 Å². The molecule has 0 spiro atoms. The van der Waals surface area contributed by atoms with Gasteiger partial charge in [-0.25, -0.2) is 13.4 Å². The Balaban J connectivity index is 1.17. The smallest absolute Gasteiger partial charge is 0.243 e. The van der Waals surface area contributed by atoms with E-state index in [-0.39, 0.29) is 6.04 Å². The lowest BCUT2D eigenvalue weighted by molar-refractivity contribution is 0.255. The maximum absolute atomic E-state index is 13.3. The van der Waals surface area contributed by atoms with E-state index in [0.717, 1.165) is 38.8 Å². The zero-order valence-electron chi connectivity index (χ0n) is 21.6. The van der Waals surface area contributed by atoms with Crippen LogP contribution in [0.4, 0.5) is 11.8 Å². The van der Waals surface area contributed by atoms with Crippen molar-refractivity contribution in [3.63, 3.8) is 0 Å². The fourth-order valence-electron chi connectivity index (χ4n) is 5.73. The minimum atomic E-state index is -3.52. The van der Waals surface area contributed by atoms with E-state index in [1.54, 1.807) is 22.6 Å². The number of nitrogens with one attached hydrogen (secondary N) is 2. The summed E-state index contributed by atoms with van der Waals surface area (Å²) in [7, 11) is -1.38. The van der Waals surface area contributed by atoms with Crippen molar-refractivity contribution in [1.82, 2.24) is 19.2 Å². The zero-order chi connectivity index (χ0) is 25.8. The minimum Gasteiger partial charge on any atom is -0.366 e. The first-order chi connectivity index (χ1) is 17.9. The molecule has 3 heterocycles. The summed E-state index contributed by atoms with van der Waals surface area (Å²) in [6.45, 7) is 3.05. The number of benzene rings is 1. The van der Waals surface area contributed by atoms with Gasteiger partial charge in [-0.15, -0.1) is 0 Å². The molecule has 2 aliphatic heterocycles. The number of piperidine rings is 2. The van der Waals surface area contributed by atoms with Crippen LogP contribution in [0.5, 0.6) is 0 Å². The number of sulfonamides is 1. The minimum absolute atomic E-state index is 0.0746. The second kappa shape index (κ2) is 11.3. The van der Waals surface area contributed by atoms with Crippen molar-refractivity contribution >= 4 is 21.8 Å². The summed E-state index contributed by atoms with van der Waals surface area (Å²) in [4.78, 5) is 11.6. The van der Waals surface area contributed by atoms with Crippen LogP contribution in [0.25, 0.3) is 0 Å². The molecule has 2 N–H and O–H groups in total. The van der Waals surface area contributed by atoms with Crippen molar-refractivity contribution < 1.29 is 8.42 Å². The molecule has 198 valence electrons. The summed E-state index contributed by atoms with van der Waals surface area (Å²) in [6, 6.07) is 10.1. The molecular formula is C27H37N7O2S. The maximum Gasteiger partial charge on any atom is 0.243 e. The van der Waals surface area contributed by atoms with E-state index in [9.17, 15) is 13.7 Å². The summed E-state index contributed by atoms with van der Waals surface area (Å²) in [5.41, 5.74) is 1.68. The predicted octanol–water partition coefficient (Wildman–Crippen LogP) is 3.78. The summed E-state index contributed by atoms with van der Waals surface area (Å²) < 4.78 is 28.2. The molecule has 9 nitrogen and oxygen atoms in total. The first-order valence-corrected chi connectivity index (χ1v) is 15.0. The zero-order valence-corrected chi connectivity index (χ0v) is 22.4. The van der Waals surface area contributed by atoms with Crippen molar-refractivity contribution in [1.29, 1.82) is 5.26 Å². The van der Waals surface area contributed by atoms with Gasteiger partial charge in [-0.1, -0.05) is 25.0 Å². The molecule has 2 aromatic rings. The summed E-state index contributed by atoms with van der Waals surface area (Å²) in [5, 5.41) is 16.2. The van der Waals surface area contributed by atoms with Crippen LogP contribution in [0.2, 0.25) is 0 Å². The van der Waals surface area contributed by atoms with E-state index < -0.39 is 10.0 Å². The predicted molar refractivity (Wildman–Crippen MR) is 144 cm³/mol. The van der Waals surface area contributed by atoms with Crippen molar-refractivity contribution in [2.75, 3.05) is 43.9 Å². The van der Waals surface area contributed by atoms with Gasteiger partial charge < -0.3 is 15.5 Å². The van der Waals surface area contributed by atoms with Crippen LogP contribution in [-0.4, -0.2) is 72.9 Å². The molecule has 1 saturated carbocycles. The Bertz CT molecular complexity index is 1210. The molecular weight excluding hydrogens is 486 g/mol. The lowest BCUT2D eigenvalue weighted by Crippen LogP contribution is -2.42. The molecule has 0 radical (unpaired) electrons. The Morgan fingerprint density at radius 2 is 1.57 bits per heavy atom. The van der Waals surface area contributed by atoms with E-state index >= 15 is 0 Å². The maximum atomic E-state index is 13.3. The monoisotopic (exact) mass is 523 g/mol. The van der Waals surface area contributed by atoms with Gasteiger partial charge in [0, 0.05) is 25.2 Å². The van der Waals surface area contributed by atoms with Crippen LogP contribution in [-0.2, 0) is 10.0 Å². The molecule has 37 heavy (non-hydrogen) atoms. The molecule has 1 aromatic heterocycles. The van der Waals surface area contributed by atoms with E-state index in [2.05, 4.69) is 38.6 Å². The third-order valence-corrected chi connectivity index (χ3v) is 10.0. The molecule has 1 aromatic carbocycles. The lowest BCUT2D eigenvalue weighted by Gasteiger charge is -2.32. The number of likely N-dealkylation sites (tertiary alicyclic amines) is 1. The van der Waals surface area contributed by atoms with Crippen molar-refractivity contribution in [2.45, 2.75) is 74.3 Å². The van der Waals surface area contributed by atoms with Gasteiger partial charge in [0.15, 0.2) is 0 Å². The van der Waals surface area contributed by atoms with Crippen LogP contribution in [0, 0.1) is 11.3 Å². The van der Waals surface area contributed by atoms with Crippen LogP contribution in [0.3, 0.4) is 0 Å². The topological polar surface area (TPSA) is 114 Å². The van der Waals surface area contributed by atoms with Gasteiger partial charge in [0.25, 0.3) is 0 Å². The summed E-state index contributed by atoms with van der Waals surface area (Å²) in [6.07, 6.45) is 9.69. The second-order valence-corrected chi connectivity index (χ2v) is 12.6. The Kier molecular flexibility index (Phi) is 7.93. The average Bonchev–Trinajstić information content (AvgIpc) is 3.43. The van der Waals surface area contributed by atoms with Gasteiger partial charge in [0.1, 0.15) is 17.5 Å². The van der Waals surface area contributed by atoms with E-state index in [1.165, 1.54) is 18.4 Å². The van der Waals surface area contributed by atoms with Gasteiger partial charge >= 0.3 is 0 Å². The average molecular weight is 524 g/mol. The third-order valence-electron chi connectivity index (χ3n) is 8.10. The highest BCUT2D eigenvalue weighted by molar-refractivity contribution is 7.89. The molecule has 0 amide bonds. The number of nitriles is 1. The molecule has 2 saturated heterocycles. The Morgan fingerprint density at radius 3 is 2.22 bits per heavy atom. The Morgan fingerprint density at radius 1 is 0.919 bits per heavy atom. The van der Waals surface area contributed by atoms with Crippen LogP contribution < -0.4 is 10.6 Å². The lowest BCUT2D eigenvalue weighted by atomic mass is 9.90. The molecule has 3 fully saturated rings. The molecule has 0 unspecified atom stereocenters. The fourth-order valence-corrected chi connectivity index (χ4v) is 7.20. The van der Waals surface area contributed by atoms with Gasteiger partial charge in [-0.05, 0) is 82.3 Å². The van der Waals surface area contributed by atoms with Gasteiger partial charge in [0.2, 0.25) is 16.0 Å². The van der Waals surface area contributed by atoms with Crippen molar-refractivity contribution in [3.8, 4) is 6.07 Å². The highest BCUT2D eigenvalue weighted by atomic mass is 32.2. The number of rotatable bonds is 7. The highest BCUT2D eigenvalue weighted by Gasteiger charge is 2.30. The SMILES string of the molecule is CN1CCC(c2ccc(S(=O)(=O)N3CCC(Nc4ncc(C#N)c(NC5CCCC5)n4)CC3)cc2)CC1. The first-order valence-electron chi connectivity index (χ1n) is 13.5. The first kappa shape index (κ1) is 25.9. The van der Waals surface area contributed by atoms with Gasteiger partial charge in [0.05, 0.1) is 11.1 Å². The second-order valence-electron chi connectivity index (χ2n) is 10.7. The van der Waals surface area contributed by atoms with Gasteiger partial charge in [-0.3, -0.25) is 0 Å². The molecule has 3 aliphatic rings. The van der Waals surface area contributed by atoms with Crippen LogP contribution >= 0.6 is 0 Å². The number of hydrogen-bond acceptors (Lipinski definition) is 8. The van der Waals surface area contributed by atoms with Crippen molar-refractivity contribution in [3.05, 3.63) is 41.6 Å². The Labute approximate surface area is 220 Å². The molecule has 1 aliphatic carbocycles. The largest absolute Gasteiger partial charge is 0.366 e. The highest BCUT2D eigenvalue weighted by Crippen LogP contribution is 2.30. The van der Waals surface area contributed by atoms with E-state index in [1.807, 2.05) is 12.1 Å². The molecule has 10 heteroatoms. The molecule has 5 rings (SSSR count). The molecule has 0 bridgehead atoms. The standard InChI is InChI=1S/C27H37N7O2S/c1-33-14-10-21(11-15-33)20-6-8-25(9-7-20)37(35,36)34-16-12-24(13-17-34)31-27-29-19-22(18-28)26(32-27)30-23-4-2-3-5-23/h6-9,19,21,23-24H,2-5,10-17H2,1H3,(H2,29,30,31,32). The normalized spacial score (nSPS) is 21.1. The number of nitrogens with zero attached hydrogens (tertiary/aromatic N) is 5.